The number of nitro groups is 1. The Bertz CT molecular complexity index is 430. The SMILES string of the molecule is COc1ccc(OCCC(C)=O)cc1[N+](=O)[O-]. The predicted octanol–water partition coefficient (Wildman–Crippen LogP) is 1.96. The van der Waals surface area contributed by atoms with Crippen LogP contribution in [0.1, 0.15) is 13.3 Å². The lowest BCUT2D eigenvalue weighted by molar-refractivity contribution is -0.385. The number of nitro benzene ring substituents is 1. The Balaban J connectivity index is 2.78. The number of nitrogens with zero attached hydrogens (tertiary/aromatic N) is 1. The molecule has 0 aliphatic rings. The van der Waals surface area contributed by atoms with Crippen LogP contribution in [0.4, 0.5) is 5.69 Å². The molecule has 1 aromatic rings. The lowest BCUT2D eigenvalue weighted by Gasteiger charge is -2.06. The molecule has 0 aliphatic carbocycles. The summed E-state index contributed by atoms with van der Waals surface area (Å²) in [5.41, 5.74) is -0.159. The summed E-state index contributed by atoms with van der Waals surface area (Å²) in [6, 6.07) is 4.30. The van der Waals surface area contributed by atoms with E-state index in [4.69, 9.17) is 9.47 Å². The van der Waals surface area contributed by atoms with Crippen LogP contribution in [-0.4, -0.2) is 24.4 Å². The van der Waals surface area contributed by atoms with Gasteiger partial charge in [0.05, 0.1) is 24.7 Å². The smallest absolute Gasteiger partial charge is 0.314 e. The lowest BCUT2D eigenvalue weighted by atomic mass is 10.2. The van der Waals surface area contributed by atoms with Crippen molar-refractivity contribution in [1.82, 2.24) is 0 Å². The predicted molar refractivity (Wildman–Crippen MR) is 60.4 cm³/mol. The van der Waals surface area contributed by atoms with Crippen molar-refractivity contribution in [3.8, 4) is 11.5 Å². The summed E-state index contributed by atoms with van der Waals surface area (Å²) >= 11 is 0. The molecule has 0 bridgehead atoms. The van der Waals surface area contributed by atoms with Crippen LogP contribution in [0.25, 0.3) is 0 Å². The lowest BCUT2D eigenvalue weighted by Crippen LogP contribution is -2.03. The van der Waals surface area contributed by atoms with E-state index in [1.165, 1.54) is 26.2 Å². The summed E-state index contributed by atoms with van der Waals surface area (Å²) in [6.07, 6.45) is 0.278. The van der Waals surface area contributed by atoms with Crippen molar-refractivity contribution < 1.29 is 19.2 Å². The first-order valence-corrected chi connectivity index (χ1v) is 4.99. The highest BCUT2D eigenvalue weighted by atomic mass is 16.6. The summed E-state index contributed by atoms with van der Waals surface area (Å²) in [5.74, 6) is 0.528. The number of ketones is 1. The van der Waals surface area contributed by atoms with Gasteiger partial charge in [0.15, 0.2) is 5.75 Å². The molecule has 0 N–H and O–H groups in total. The Kier molecular flexibility index (Phi) is 4.45. The number of hydrogen-bond donors (Lipinski definition) is 0. The third-order valence-corrected chi connectivity index (χ3v) is 2.07. The van der Waals surface area contributed by atoms with Gasteiger partial charge in [-0.3, -0.25) is 14.9 Å². The third kappa shape index (κ3) is 3.75. The number of rotatable bonds is 6. The first kappa shape index (κ1) is 13.0. The van der Waals surface area contributed by atoms with Gasteiger partial charge in [-0.05, 0) is 19.1 Å². The molecule has 0 heterocycles. The van der Waals surface area contributed by atoms with E-state index in [1.807, 2.05) is 0 Å². The Labute approximate surface area is 98.3 Å². The molecule has 0 spiro atoms. The second-order valence-corrected chi connectivity index (χ2v) is 3.39. The van der Waals surface area contributed by atoms with Crippen molar-refractivity contribution in [2.45, 2.75) is 13.3 Å². The summed E-state index contributed by atoms with van der Waals surface area (Å²) in [7, 11) is 1.36. The van der Waals surface area contributed by atoms with E-state index in [0.717, 1.165) is 0 Å². The van der Waals surface area contributed by atoms with Crippen molar-refractivity contribution in [1.29, 1.82) is 0 Å². The van der Waals surface area contributed by atoms with Gasteiger partial charge in [-0.2, -0.15) is 0 Å². The van der Waals surface area contributed by atoms with Crippen LogP contribution in [0.5, 0.6) is 11.5 Å². The first-order valence-electron chi connectivity index (χ1n) is 4.99. The highest BCUT2D eigenvalue weighted by Gasteiger charge is 2.15. The summed E-state index contributed by atoms with van der Waals surface area (Å²) < 4.78 is 10.1. The summed E-state index contributed by atoms with van der Waals surface area (Å²) in [5, 5.41) is 10.7. The maximum atomic E-state index is 10.7. The van der Waals surface area contributed by atoms with Gasteiger partial charge < -0.3 is 9.47 Å². The molecular weight excluding hydrogens is 226 g/mol. The monoisotopic (exact) mass is 239 g/mol. The topological polar surface area (TPSA) is 78.7 Å². The molecule has 17 heavy (non-hydrogen) atoms. The normalized spacial score (nSPS) is 9.76. The molecule has 1 aromatic carbocycles. The minimum Gasteiger partial charge on any atom is -0.493 e. The first-order chi connectivity index (χ1) is 8.04. The fraction of sp³-hybridized carbons (Fsp3) is 0.364. The van der Waals surface area contributed by atoms with Crippen molar-refractivity contribution in [2.75, 3.05) is 13.7 Å². The zero-order valence-electron chi connectivity index (χ0n) is 9.63. The molecule has 1 rings (SSSR count). The molecule has 6 heteroatoms. The van der Waals surface area contributed by atoms with Gasteiger partial charge in [0.1, 0.15) is 11.5 Å². The summed E-state index contributed by atoms with van der Waals surface area (Å²) in [4.78, 5) is 20.9. The quantitative estimate of drug-likeness (QED) is 0.560. The molecule has 0 atom stereocenters. The Hall–Kier alpha value is -2.11. The highest BCUT2D eigenvalue weighted by molar-refractivity contribution is 5.75. The maximum absolute atomic E-state index is 10.7. The zero-order chi connectivity index (χ0) is 12.8. The van der Waals surface area contributed by atoms with E-state index in [1.54, 1.807) is 6.07 Å². The van der Waals surface area contributed by atoms with Gasteiger partial charge in [0, 0.05) is 6.42 Å². The van der Waals surface area contributed by atoms with Crippen molar-refractivity contribution in [2.24, 2.45) is 0 Å². The van der Waals surface area contributed by atoms with E-state index in [2.05, 4.69) is 0 Å². The minimum absolute atomic E-state index is 0.00742. The summed E-state index contributed by atoms with van der Waals surface area (Å²) in [6.45, 7) is 1.67. The van der Waals surface area contributed by atoms with Crippen LogP contribution in [0.15, 0.2) is 18.2 Å². The Morgan fingerprint density at radius 2 is 2.18 bits per heavy atom. The van der Waals surface area contributed by atoms with Crippen LogP contribution in [-0.2, 0) is 4.79 Å². The van der Waals surface area contributed by atoms with Crippen LogP contribution >= 0.6 is 0 Å². The number of carbonyl (C=O) groups excluding carboxylic acids is 1. The molecule has 0 radical (unpaired) electrons. The Morgan fingerprint density at radius 3 is 2.71 bits per heavy atom. The fourth-order valence-corrected chi connectivity index (χ4v) is 1.21. The van der Waals surface area contributed by atoms with Crippen LogP contribution in [0, 0.1) is 10.1 Å². The van der Waals surface area contributed by atoms with E-state index in [0.29, 0.717) is 5.75 Å². The number of Topliss-reactive ketones (excluding diaryl/α,β-unsaturated/α-hetero) is 1. The van der Waals surface area contributed by atoms with Gasteiger partial charge in [0.2, 0.25) is 0 Å². The van der Waals surface area contributed by atoms with Crippen molar-refractivity contribution in [3.05, 3.63) is 28.3 Å². The van der Waals surface area contributed by atoms with Gasteiger partial charge >= 0.3 is 5.69 Å². The second kappa shape index (κ2) is 5.83. The number of benzene rings is 1. The van der Waals surface area contributed by atoms with Gasteiger partial charge in [0.25, 0.3) is 0 Å². The van der Waals surface area contributed by atoms with E-state index in [-0.39, 0.29) is 30.2 Å². The number of ether oxygens (including phenoxy) is 2. The average molecular weight is 239 g/mol. The highest BCUT2D eigenvalue weighted by Crippen LogP contribution is 2.30. The van der Waals surface area contributed by atoms with Crippen LogP contribution in [0.2, 0.25) is 0 Å². The fourth-order valence-electron chi connectivity index (χ4n) is 1.21. The van der Waals surface area contributed by atoms with Gasteiger partial charge in [-0.1, -0.05) is 0 Å². The third-order valence-electron chi connectivity index (χ3n) is 2.07. The van der Waals surface area contributed by atoms with Gasteiger partial charge in [-0.25, -0.2) is 0 Å². The molecule has 0 saturated heterocycles. The van der Waals surface area contributed by atoms with E-state index < -0.39 is 4.92 Å². The number of methoxy groups -OCH3 is 1. The second-order valence-electron chi connectivity index (χ2n) is 3.39. The molecule has 0 fully saturated rings. The molecule has 0 unspecified atom stereocenters. The van der Waals surface area contributed by atoms with Crippen molar-refractivity contribution >= 4 is 11.5 Å². The molecular formula is C11H13NO5. The van der Waals surface area contributed by atoms with Gasteiger partial charge in [-0.15, -0.1) is 0 Å². The van der Waals surface area contributed by atoms with Crippen molar-refractivity contribution in [3.63, 3.8) is 0 Å². The van der Waals surface area contributed by atoms with E-state index in [9.17, 15) is 14.9 Å². The number of carbonyl (C=O) groups is 1. The zero-order valence-corrected chi connectivity index (χ0v) is 9.63. The molecule has 6 nitrogen and oxygen atoms in total. The maximum Gasteiger partial charge on any atom is 0.314 e. The van der Waals surface area contributed by atoms with Crippen LogP contribution < -0.4 is 9.47 Å². The molecule has 0 amide bonds. The van der Waals surface area contributed by atoms with E-state index >= 15 is 0 Å². The molecule has 0 aliphatic heterocycles. The standard InChI is InChI=1S/C11H13NO5/c1-8(13)5-6-17-9-3-4-11(16-2)10(7-9)12(14)15/h3-4,7H,5-6H2,1-2H3. The molecule has 0 aromatic heterocycles. The number of hydrogen-bond acceptors (Lipinski definition) is 5. The van der Waals surface area contributed by atoms with Crippen LogP contribution in [0.3, 0.4) is 0 Å². The molecule has 92 valence electrons. The average Bonchev–Trinajstić information content (AvgIpc) is 2.28. The molecule has 0 saturated carbocycles. The Morgan fingerprint density at radius 1 is 1.47 bits per heavy atom. The minimum atomic E-state index is -0.545. The largest absolute Gasteiger partial charge is 0.493 e.